The van der Waals surface area contributed by atoms with Crippen LogP contribution in [0.15, 0.2) is 30.5 Å². The fourth-order valence-electron chi connectivity index (χ4n) is 3.02. The predicted molar refractivity (Wildman–Crippen MR) is 84.5 cm³/mol. The fourth-order valence-corrected chi connectivity index (χ4v) is 3.02. The molecule has 21 heavy (non-hydrogen) atoms. The van der Waals surface area contributed by atoms with Gasteiger partial charge in [0, 0.05) is 18.1 Å². The minimum atomic E-state index is -0.646. The highest BCUT2D eigenvalue weighted by Gasteiger charge is 2.31. The van der Waals surface area contributed by atoms with Gasteiger partial charge >= 0.3 is 0 Å². The van der Waals surface area contributed by atoms with Crippen LogP contribution in [0.25, 0.3) is 10.8 Å². The molecule has 1 aromatic heterocycles. The number of aromatic nitrogens is 1. The minimum Gasteiger partial charge on any atom is -0.508 e. The van der Waals surface area contributed by atoms with E-state index in [2.05, 4.69) is 17.2 Å². The zero-order valence-electron chi connectivity index (χ0n) is 12.3. The average Bonchev–Trinajstić information content (AvgIpc) is 2.49. The number of hydrogen-bond donors (Lipinski definition) is 3. The Morgan fingerprint density at radius 2 is 2.05 bits per heavy atom. The monoisotopic (exact) mass is 286 g/mol. The van der Waals surface area contributed by atoms with Crippen LogP contribution in [0.3, 0.4) is 0 Å². The highest BCUT2D eigenvalue weighted by atomic mass is 16.3. The van der Waals surface area contributed by atoms with Gasteiger partial charge in [-0.25, -0.2) is 4.98 Å². The van der Waals surface area contributed by atoms with Gasteiger partial charge in [-0.05, 0) is 55.2 Å². The van der Waals surface area contributed by atoms with Crippen molar-refractivity contribution in [3.05, 3.63) is 30.5 Å². The first kappa shape index (κ1) is 14.1. The Morgan fingerprint density at radius 1 is 1.29 bits per heavy atom. The molecule has 1 aliphatic carbocycles. The molecular formula is C17H22N2O2. The molecule has 0 bridgehead atoms. The zero-order chi connectivity index (χ0) is 14.9. The van der Waals surface area contributed by atoms with Gasteiger partial charge in [-0.3, -0.25) is 0 Å². The van der Waals surface area contributed by atoms with Crippen molar-refractivity contribution in [3.63, 3.8) is 0 Å². The molecule has 0 radical (unpaired) electrons. The van der Waals surface area contributed by atoms with E-state index in [0.29, 0.717) is 12.5 Å². The molecule has 112 valence electrons. The van der Waals surface area contributed by atoms with Gasteiger partial charge in [0.15, 0.2) is 0 Å². The van der Waals surface area contributed by atoms with Crippen molar-refractivity contribution in [1.29, 1.82) is 0 Å². The lowest BCUT2D eigenvalue weighted by Gasteiger charge is -2.35. The van der Waals surface area contributed by atoms with Crippen LogP contribution in [-0.4, -0.2) is 27.3 Å². The molecule has 4 heteroatoms. The van der Waals surface area contributed by atoms with E-state index in [9.17, 15) is 10.2 Å². The van der Waals surface area contributed by atoms with Crippen LogP contribution in [0.4, 0.5) is 5.82 Å². The maximum Gasteiger partial charge on any atom is 0.134 e. The molecule has 0 saturated heterocycles. The summed E-state index contributed by atoms with van der Waals surface area (Å²) in [5.41, 5.74) is -0.646. The van der Waals surface area contributed by atoms with Gasteiger partial charge in [0.1, 0.15) is 11.6 Å². The normalized spacial score (nSPS) is 25.9. The molecule has 0 atom stereocenters. The number of anilines is 1. The summed E-state index contributed by atoms with van der Waals surface area (Å²) in [7, 11) is 0. The van der Waals surface area contributed by atoms with E-state index in [1.54, 1.807) is 18.3 Å². The van der Waals surface area contributed by atoms with E-state index in [-0.39, 0.29) is 5.75 Å². The van der Waals surface area contributed by atoms with Crippen molar-refractivity contribution >= 4 is 16.6 Å². The first-order valence-corrected chi connectivity index (χ1v) is 7.60. The van der Waals surface area contributed by atoms with E-state index in [4.69, 9.17) is 0 Å². The Kier molecular flexibility index (Phi) is 3.72. The molecule has 0 amide bonds. The van der Waals surface area contributed by atoms with E-state index in [1.165, 1.54) is 0 Å². The Bertz CT molecular complexity index is 634. The third-order valence-electron chi connectivity index (χ3n) is 4.54. The number of phenolic OH excluding ortho intramolecular Hbond substituents is 1. The van der Waals surface area contributed by atoms with Crippen molar-refractivity contribution in [1.82, 2.24) is 4.98 Å². The highest BCUT2D eigenvalue weighted by Crippen LogP contribution is 2.32. The van der Waals surface area contributed by atoms with Crippen LogP contribution < -0.4 is 5.32 Å². The van der Waals surface area contributed by atoms with E-state index >= 15 is 0 Å². The number of aliphatic hydroxyl groups is 1. The van der Waals surface area contributed by atoms with Gasteiger partial charge in [-0.15, -0.1) is 0 Å². The van der Waals surface area contributed by atoms with E-state index < -0.39 is 5.60 Å². The van der Waals surface area contributed by atoms with Gasteiger partial charge < -0.3 is 15.5 Å². The third-order valence-corrected chi connectivity index (χ3v) is 4.54. The van der Waals surface area contributed by atoms with Gasteiger partial charge in [-0.1, -0.05) is 13.0 Å². The number of phenols is 1. The maximum atomic E-state index is 10.6. The molecule has 1 heterocycles. The summed E-state index contributed by atoms with van der Waals surface area (Å²) in [5, 5.41) is 25.5. The Labute approximate surface area is 124 Å². The summed E-state index contributed by atoms with van der Waals surface area (Å²) in [4.78, 5) is 4.35. The zero-order valence-corrected chi connectivity index (χ0v) is 12.3. The molecule has 2 aromatic rings. The SMILES string of the molecule is CC1CCC(O)(CNc2nccc3ccc(O)cc23)CC1. The topological polar surface area (TPSA) is 65.4 Å². The van der Waals surface area contributed by atoms with Crippen molar-refractivity contribution in [3.8, 4) is 5.75 Å². The second-order valence-electron chi connectivity index (χ2n) is 6.33. The summed E-state index contributed by atoms with van der Waals surface area (Å²) in [6.45, 7) is 2.74. The molecule has 1 saturated carbocycles. The van der Waals surface area contributed by atoms with Crippen LogP contribution >= 0.6 is 0 Å². The quantitative estimate of drug-likeness (QED) is 0.810. The number of rotatable bonds is 3. The Balaban J connectivity index is 1.77. The molecule has 3 N–H and O–H groups in total. The number of benzene rings is 1. The van der Waals surface area contributed by atoms with Crippen LogP contribution in [0.5, 0.6) is 5.75 Å². The molecular weight excluding hydrogens is 264 g/mol. The molecule has 3 rings (SSSR count). The molecule has 0 spiro atoms. The summed E-state index contributed by atoms with van der Waals surface area (Å²) in [5.74, 6) is 1.65. The standard InChI is InChI=1S/C17H22N2O2/c1-12-4-7-17(21,8-5-12)11-19-16-15-10-14(20)3-2-13(15)6-9-18-16/h2-3,6,9-10,12,20-21H,4-5,7-8,11H2,1H3,(H,18,19). The summed E-state index contributed by atoms with van der Waals surface area (Å²) >= 11 is 0. The van der Waals surface area contributed by atoms with E-state index in [1.807, 2.05) is 12.1 Å². The summed E-state index contributed by atoms with van der Waals surface area (Å²) < 4.78 is 0. The number of pyridine rings is 1. The smallest absolute Gasteiger partial charge is 0.134 e. The lowest BCUT2D eigenvalue weighted by atomic mass is 9.79. The molecule has 1 aromatic carbocycles. The largest absolute Gasteiger partial charge is 0.508 e. The van der Waals surface area contributed by atoms with Crippen molar-refractivity contribution in [2.24, 2.45) is 5.92 Å². The number of nitrogens with zero attached hydrogens (tertiary/aromatic N) is 1. The average molecular weight is 286 g/mol. The lowest BCUT2D eigenvalue weighted by molar-refractivity contribution is 0.00497. The van der Waals surface area contributed by atoms with E-state index in [0.717, 1.165) is 42.3 Å². The molecule has 1 aliphatic rings. The molecule has 0 unspecified atom stereocenters. The van der Waals surface area contributed by atoms with Crippen molar-refractivity contribution < 1.29 is 10.2 Å². The number of hydrogen-bond acceptors (Lipinski definition) is 4. The van der Waals surface area contributed by atoms with Crippen molar-refractivity contribution in [2.75, 3.05) is 11.9 Å². The summed E-state index contributed by atoms with van der Waals surface area (Å²) in [6.07, 6.45) is 5.55. The first-order valence-electron chi connectivity index (χ1n) is 7.60. The lowest BCUT2D eigenvalue weighted by Crippen LogP contribution is -2.40. The summed E-state index contributed by atoms with van der Waals surface area (Å²) in [6, 6.07) is 7.16. The van der Waals surface area contributed by atoms with Crippen LogP contribution in [0, 0.1) is 5.92 Å². The molecule has 1 fully saturated rings. The number of fused-ring (bicyclic) bond motifs is 1. The second kappa shape index (κ2) is 5.53. The van der Waals surface area contributed by atoms with Crippen LogP contribution in [0.2, 0.25) is 0 Å². The minimum absolute atomic E-state index is 0.226. The highest BCUT2D eigenvalue weighted by molar-refractivity contribution is 5.92. The predicted octanol–water partition coefficient (Wildman–Crippen LogP) is 3.29. The first-order chi connectivity index (χ1) is 10.1. The van der Waals surface area contributed by atoms with Gasteiger partial charge in [-0.2, -0.15) is 0 Å². The van der Waals surface area contributed by atoms with Gasteiger partial charge in [0.2, 0.25) is 0 Å². The van der Waals surface area contributed by atoms with Crippen molar-refractivity contribution in [2.45, 2.75) is 38.2 Å². The number of nitrogens with one attached hydrogen (secondary N) is 1. The van der Waals surface area contributed by atoms with Crippen LogP contribution in [0.1, 0.15) is 32.6 Å². The maximum absolute atomic E-state index is 10.6. The fraction of sp³-hybridized carbons (Fsp3) is 0.471. The molecule has 0 aliphatic heterocycles. The third kappa shape index (κ3) is 3.10. The van der Waals surface area contributed by atoms with Gasteiger partial charge in [0.05, 0.1) is 5.60 Å². The Morgan fingerprint density at radius 3 is 2.81 bits per heavy atom. The molecule has 4 nitrogen and oxygen atoms in total. The van der Waals surface area contributed by atoms with Crippen LogP contribution in [-0.2, 0) is 0 Å². The Hall–Kier alpha value is -1.81. The van der Waals surface area contributed by atoms with Gasteiger partial charge in [0.25, 0.3) is 0 Å². The second-order valence-corrected chi connectivity index (χ2v) is 6.33. The number of aromatic hydroxyl groups is 1.